The van der Waals surface area contributed by atoms with E-state index in [1.54, 1.807) is 18.2 Å². The standard InChI is InChI=1S/C33H41F8NO3S/c1-42(20-6-7-21-46(44,45)22-18-31(35,32(36,37)38)33(39,40)41)19-5-3-2-4-10-30-28(24-12-14-26(34)15-13-24)11-8-9-25-23-27(43)16-17-29(25)30/h12-17,23,43H,2-11,18-22H2,1H3. The van der Waals surface area contributed by atoms with Crippen LogP contribution in [-0.2, 0) is 16.3 Å². The molecule has 0 aliphatic heterocycles. The molecule has 2 aromatic carbocycles. The zero-order valence-electron chi connectivity index (χ0n) is 25.8. The van der Waals surface area contributed by atoms with Crippen molar-refractivity contribution in [1.82, 2.24) is 4.90 Å². The summed E-state index contributed by atoms with van der Waals surface area (Å²) in [5.41, 5.74) is 0.0287. The molecule has 0 atom stereocenters. The summed E-state index contributed by atoms with van der Waals surface area (Å²) in [7, 11) is -2.46. The smallest absolute Gasteiger partial charge is 0.431 e. The monoisotopic (exact) mass is 683 g/mol. The minimum atomic E-state index is -6.26. The SMILES string of the molecule is CN(CCCCCCC1=C(c2ccc(F)cc2)CCCc2cc(O)ccc21)CCCCS(=O)(=O)CCC(F)(C(F)(F)F)C(F)(F)F. The number of aromatic hydroxyl groups is 1. The van der Waals surface area contributed by atoms with E-state index in [0.29, 0.717) is 13.0 Å². The van der Waals surface area contributed by atoms with Crippen molar-refractivity contribution in [2.75, 3.05) is 31.6 Å². The van der Waals surface area contributed by atoms with Crippen LogP contribution in [0.4, 0.5) is 35.1 Å². The van der Waals surface area contributed by atoms with Gasteiger partial charge in [-0.05, 0) is 124 Å². The van der Waals surface area contributed by atoms with Crippen LogP contribution in [0.1, 0.15) is 80.9 Å². The maximum atomic E-state index is 13.8. The molecule has 0 saturated heterocycles. The average Bonchev–Trinajstić information content (AvgIpc) is 3.14. The molecule has 13 heteroatoms. The number of benzene rings is 2. The van der Waals surface area contributed by atoms with E-state index in [9.17, 15) is 48.6 Å². The van der Waals surface area contributed by atoms with Gasteiger partial charge in [-0.15, -0.1) is 0 Å². The lowest BCUT2D eigenvalue weighted by Gasteiger charge is -2.29. The first-order valence-corrected chi connectivity index (χ1v) is 17.3. The average molecular weight is 684 g/mol. The largest absolute Gasteiger partial charge is 0.508 e. The van der Waals surface area contributed by atoms with Gasteiger partial charge in [0.25, 0.3) is 5.67 Å². The van der Waals surface area contributed by atoms with E-state index in [1.807, 2.05) is 24.1 Å². The lowest BCUT2D eigenvalue weighted by atomic mass is 9.89. The summed E-state index contributed by atoms with van der Waals surface area (Å²) in [6, 6.07) is 12.0. The maximum Gasteiger partial charge on any atom is 0.431 e. The van der Waals surface area contributed by atoms with Crippen molar-refractivity contribution in [2.45, 2.75) is 88.7 Å². The third-order valence-corrected chi connectivity index (χ3v) is 10.2. The summed E-state index contributed by atoms with van der Waals surface area (Å²) >= 11 is 0. The Balaban J connectivity index is 1.42. The zero-order valence-corrected chi connectivity index (χ0v) is 26.6. The number of phenols is 1. The van der Waals surface area contributed by atoms with Crippen LogP contribution in [0.2, 0.25) is 0 Å². The Labute approximate surface area is 265 Å². The van der Waals surface area contributed by atoms with Crippen molar-refractivity contribution in [3.63, 3.8) is 0 Å². The third kappa shape index (κ3) is 10.4. The van der Waals surface area contributed by atoms with E-state index in [0.717, 1.165) is 74.6 Å². The Kier molecular flexibility index (Phi) is 13.1. The van der Waals surface area contributed by atoms with Gasteiger partial charge in [-0.2, -0.15) is 26.3 Å². The number of sulfone groups is 1. The quantitative estimate of drug-likeness (QED) is 0.142. The van der Waals surface area contributed by atoms with Crippen LogP contribution in [0.15, 0.2) is 42.5 Å². The molecule has 4 nitrogen and oxygen atoms in total. The first kappa shape index (κ1) is 37.8. The van der Waals surface area contributed by atoms with E-state index < -0.39 is 45.8 Å². The van der Waals surface area contributed by atoms with Gasteiger partial charge in [0.05, 0.1) is 11.5 Å². The van der Waals surface area contributed by atoms with Gasteiger partial charge in [0, 0.05) is 6.42 Å². The Hall–Kier alpha value is -2.67. The molecule has 258 valence electrons. The molecule has 0 saturated carbocycles. The minimum absolute atomic E-state index is 0.0365. The van der Waals surface area contributed by atoms with E-state index >= 15 is 0 Å². The molecular weight excluding hydrogens is 642 g/mol. The highest BCUT2D eigenvalue weighted by Gasteiger charge is 2.72. The van der Waals surface area contributed by atoms with Gasteiger partial charge in [0.2, 0.25) is 0 Å². The lowest BCUT2D eigenvalue weighted by Crippen LogP contribution is -2.54. The van der Waals surface area contributed by atoms with Crippen LogP contribution in [0.25, 0.3) is 11.1 Å². The molecule has 0 heterocycles. The van der Waals surface area contributed by atoms with Gasteiger partial charge < -0.3 is 10.0 Å². The topological polar surface area (TPSA) is 57.6 Å². The molecule has 0 amide bonds. The first-order valence-electron chi connectivity index (χ1n) is 15.4. The number of rotatable bonds is 16. The normalized spacial score (nSPS) is 14.9. The Bertz CT molecular complexity index is 1410. The molecule has 0 radical (unpaired) electrons. The molecule has 1 N–H and O–H groups in total. The van der Waals surface area contributed by atoms with Crippen LogP contribution >= 0.6 is 0 Å². The number of alkyl halides is 7. The van der Waals surface area contributed by atoms with Crippen molar-refractivity contribution < 1.29 is 48.6 Å². The van der Waals surface area contributed by atoms with Crippen LogP contribution in [0.3, 0.4) is 0 Å². The van der Waals surface area contributed by atoms with Crippen LogP contribution < -0.4 is 0 Å². The van der Waals surface area contributed by atoms with Crippen molar-refractivity contribution in [3.05, 3.63) is 65.0 Å². The molecule has 0 spiro atoms. The molecule has 46 heavy (non-hydrogen) atoms. The van der Waals surface area contributed by atoms with Crippen molar-refractivity contribution in [3.8, 4) is 5.75 Å². The number of fused-ring (bicyclic) bond motifs is 1. The van der Waals surface area contributed by atoms with E-state index in [4.69, 9.17) is 0 Å². The second kappa shape index (κ2) is 16.0. The fourth-order valence-electron chi connectivity index (χ4n) is 5.80. The zero-order chi connectivity index (χ0) is 34.2. The van der Waals surface area contributed by atoms with Gasteiger partial charge in [-0.25, -0.2) is 17.2 Å². The number of aryl methyl sites for hydroxylation is 1. The molecule has 0 fully saturated rings. The minimum Gasteiger partial charge on any atom is -0.508 e. The fraction of sp³-hybridized carbons (Fsp3) is 0.576. The summed E-state index contributed by atoms with van der Waals surface area (Å²) < 4.78 is 128. The van der Waals surface area contributed by atoms with E-state index in [1.165, 1.54) is 23.3 Å². The second-order valence-corrected chi connectivity index (χ2v) is 14.3. The number of allylic oxidation sites excluding steroid dienone is 2. The highest BCUT2D eigenvalue weighted by molar-refractivity contribution is 7.91. The lowest BCUT2D eigenvalue weighted by molar-refractivity contribution is -0.341. The molecule has 3 rings (SSSR count). The van der Waals surface area contributed by atoms with Gasteiger partial charge in [-0.1, -0.05) is 31.0 Å². The fourth-order valence-corrected chi connectivity index (χ4v) is 7.24. The number of unbranched alkanes of at least 4 members (excludes halogenated alkanes) is 4. The van der Waals surface area contributed by atoms with Crippen LogP contribution in [0.5, 0.6) is 5.75 Å². The van der Waals surface area contributed by atoms with E-state index in [-0.39, 0.29) is 18.0 Å². The predicted molar refractivity (Wildman–Crippen MR) is 163 cm³/mol. The summed E-state index contributed by atoms with van der Waals surface area (Å²) in [6.45, 7) is 1.21. The summed E-state index contributed by atoms with van der Waals surface area (Å²) in [6.07, 6.45) is -7.24. The molecule has 1 aliphatic rings. The van der Waals surface area contributed by atoms with Gasteiger partial charge >= 0.3 is 12.4 Å². The Morgan fingerprint density at radius 2 is 1.39 bits per heavy atom. The van der Waals surface area contributed by atoms with Crippen LogP contribution in [-0.4, -0.2) is 68.1 Å². The summed E-state index contributed by atoms with van der Waals surface area (Å²) in [4.78, 5) is 1.98. The molecule has 2 aromatic rings. The Morgan fingerprint density at radius 1 is 0.783 bits per heavy atom. The number of hydrogen-bond acceptors (Lipinski definition) is 4. The summed E-state index contributed by atoms with van der Waals surface area (Å²) in [5, 5.41) is 10.0. The molecular formula is C33H41F8NO3S. The molecule has 0 bridgehead atoms. The van der Waals surface area contributed by atoms with Gasteiger partial charge in [0.1, 0.15) is 21.4 Å². The van der Waals surface area contributed by atoms with Gasteiger partial charge in [-0.3, -0.25) is 0 Å². The maximum absolute atomic E-state index is 13.8. The highest BCUT2D eigenvalue weighted by atomic mass is 32.2. The number of halogens is 8. The van der Waals surface area contributed by atoms with Crippen molar-refractivity contribution in [2.24, 2.45) is 0 Å². The number of nitrogens with zero attached hydrogens (tertiary/aromatic N) is 1. The Morgan fingerprint density at radius 3 is 2.02 bits per heavy atom. The van der Waals surface area contributed by atoms with E-state index in [2.05, 4.69) is 0 Å². The summed E-state index contributed by atoms with van der Waals surface area (Å²) in [5.74, 6) is -2.23. The number of phenolic OH excluding ortho intramolecular Hbond substituents is 1. The van der Waals surface area contributed by atoms with Gasteiger partial charge in [0.15, 0.2) is 0 Å². The highest BCUT2D eigenvalue weighted by Crippen LogP contribution is 2.48. The first-order chi connectivity index (χ1) is 21.4. The molecule has 0 aromatic heterocycles. The predicted octanol–water partition coefficient (Wildman–Crippen LogP) is 9.08. The van der Waals surface area contributed by atoms with Crippen LogP contribution in [0, 0.1) is 5.82 Å². The molecule has 0 unspecified atom stereocenters. The number of hydrogen-bond donors (Lipinski definition) is 1. The third-order valence-electron chi connectivity index (χ3n) is 8.46. The van der Waals surface area contributed by atoms with Crippen molar-refractivity contribution >= 4 is 21.0 Å². The second-order valence-electron chi connectivity index (χ2n) is 12.0. The molecule has 1 aliphatic carbocycles. The van der Waals surface area contributed by atoms with Crippen molar-refractivity contribution in [1.29, 1.82) is 0 Å².